The van der Waals surface area contributed by atoms with Crippen LogP contribution in [0.15, 0.2) is 12.1 Å². The maximum Gasteiger partial charge on any atom is 0.122 e. The van der Waals surface area contributed by atoms with Gasteiger partial charge in [-0.25, -0.2) is 0 Å². The van der Waals surface area contributed by atoms with E-state index >= 15 is 0 Å². The molecule has 0 amide bonds. The minimum absolute atomic E-state index is 0.481. The topological polar surface area (TPSA) is 35.2 Å². The Morgan fingerprint density at radius 2 is 1.82 bits per heavy atom. The van der Waals surface area contributed by atoms with Gasteiger partial charge in [0, 0.05) is 0 Å². The van der Waals surface area contributed by atoms with Crippen LogP contribution in [0.2, 0.25) is 0 Å². The van der Waals surface area contributed by atoms with Gasteiger partial charge in [-0.3, -0.25) is 0 Å². The van der Waals surface area contributed by atoms with Crippen LogP contribution in [0.25, 0.3) is 0 Å². The fourth-order valence-electron chi connectivity index (χ4n) is 2.28. The van der Waals surface area contributed by atoms with E-state index in [0.29, 0.717) is 11.8 Å². The Labute approximate surface area is 105 Å². The van der Waals surface area contributed by atoms with E-state index in [-0.39, 0.29) is 0 Å². The number of ether oxygens (including phenoxy) is 1. The van der Waals surface area contributed by atoms with Crippen molar-refractivity contribution in [3.8, 4) is 5.75 Å². The molecule has 1 rings (SSSR count). The van der Waals surface area contributed by atoms with Gasteiger partial charge in [-0.2, -0.15) is 0 Å². The fourth-order valence-corrected chi connectivity index (χ4v) is 2.28. The van der Waals surface area contributed by atoms with Gasteiger partial charge >= 0.3 is 0 Å². The van der Waals surface area contributed by atoms with Gasteiger partial charge in [0.25, 0.3) is 0 Å². The first-order valence-corrected chi connectivity index (χ1v) is 6.39. The summed E-state index contributed by atoms with van der Waals surface area (Å²) in [6, 6.07) is 4.44. The second-order valence-corrected chi connectivity index (χ2v) is 5.08. The summed E-state index contributed by atoms with van der Waals surface area (Å²) in [5.41, 5.74) is 9.64. The van der Waals surface area contributed by atoms with Gasteiger partial charge in [0.15, 0.2) is 0 Å². The summed E-state index contributed by atoms with van der Waals surface area (Å²) in [4.78, 5) is 0. The molecule has 96 valence electrons. The molecule has 0 saturated heterocycles. The van der Waals surface area contributed by atoms with Gasteiger partial charge in [0.1, 0.15) is 5.75 Å². The summed E-state index contributed by atoms with van der Waals surface area (Å²) < 4.78 is 5.46. The van der Waals surface area contributed by atoms with Crippen molar-refractivity contribution in [1.29, 1.82) is 0 Å². The molecule has 1 unspecified atom stereocenters. The van der Waals surface area contributed by atoms with Crippen molar-refractivity contribution >= 4 is 0 Å². The molecule has 0 aromatic heterocycles. The fraction of sp³-hybridized carbons (Fsp3) is 0.600. The molecule has 2 heteroatoms. The summed E-state index contributed by atoms with van der Waals surface area (Å²) in [5, 5.41) is 0. The Hall–Kier alpha value is -1.02. The molecule has 0 heterocycles. The Bertz CT molecular complexity index is 371. The minimum Gasteiger partial charge on any atom is -0.496 e. The number of rotatable bonds is 5. The first kappa shape index (κ1) is 14.0. The summed E-state index contributed by atoms with van der Waals surface area (Å²) >= 11 is 0. The van der Waals surface area contributed by atoms with Crippen molar-refractivity contribution in [3.05, 3.63) is 28.8 Å². The quantitative estimate of drug-likeness (QED) is 0.846. The lowest BCUT2D eigenvalue weighted by Gasteiger charge is -2.19. The summed E-state index contributed by atoms with van der Waals surface area (Å²) in [7, 11) is 1.74. The summed E-state index contributed by atoms with van der Waals surface area (Å²) in [5.74, 6) is 2.00. The van der Waals surface area contributed by atoms with Crippen LogP contribution in [-0.2, 0) is 0 Å². The second-order valence-electron chi connectivity index (χ2n) is 5.08. The van der Waals surface area contributed by atoms with Crippen LogP contribution >= 0.6 is 0 Å². The minimum atomic E-state index is 0.481. The summed E-state index contributed by atoms with van der Waals surface area (Å²) in [6.07, 6.45) is 1.03. The van der Waals surface area contributed by atoms with E-state index < -0.39 is 0 Å². The molecular weight excluding hydrogens is 210 g/mol. The standard InChI is InChI=1S/C15H25NO/c1-10(2)13-9-14(11(3)6-7-16)12(4)8-15(13)17-5/h8-11H,6-7,16H2,1-5H3. The zero-order valence-corrected chi connectivity index (χ0v) is 11.7. The molecule has 0 bridgehead atoms. The van der Waals surface area contributed by atoms with Gasteiger partial charge in [-0.05, 0) is 54.5 Å². The first-order chi connectivity index (χ1) is 8.01. The zero-order chi connectivity index (χ0) is 13.0. The third kappa shape index (κ3) is 3.22. The lowest BCUT2D eigenvalue weighted by Crippen LogP contribution is -2.07. The van der Waals surface area contributed by atoms with Crippen LogP contribution in [0.3, 0.4) is 0 Å². The largest absolute Gasteiger partial charge is 0.496 e. The van der Waals surface area contributed by atoms with Gasteiger partial charge in [0.05, 0.1) is 7.11 Å². The van der Waals surface area contributed by atoms with Crippen LogP contribution < -0.4 is 10.5 Å². The van der Waals surface area contributed by atoms with Crippen molar-refractivity contribution in [2.75, 3.05) is 13.7 Å². The maximum absolute atomic E-state index is 5.65. The van der Waals surface area contributed by atoms with E-state index in [4.69, 9.17) is 10.5 Å². The Morgan fingerprint density at radius 3 is 2.29 bits per heavy atom. The average molecular weight is 235 g/mol. The molecule has 1 atom stereocenters. The highest BCUT2D eigenvalue weighted by molar-refractivity contribution is 5.45. The van der Waals surface area contributed by atoms with Crippen molar-refractivity contribution in [2.24, 2.45) is 5.73 Å². The van der Waals surface area contributed by atoms with Crippen molar-refractivity contribution in [1.82, 2.24) is 0 Å². The SMILES string of the molecule is COc1cc(C)c(C(C)CCN)cc1C(C)C. The van der Waals surface area contributed by atoms with E-state index in [9.17, 15) is 0 Å². The number of hydrogen-bond acceptors (Lipinski definition) is 2. The Balaban J connectivity index is 3.19. The molecule has 1 aromatic carbocycles. The third-order valence-corrected chi connectivity index (χ3v) is 3.37. The smallest absolute Gasteiger partial charge is 0.122 e. The van der Waals surface area contributed by atoms with Crippen LogP contribution in [0.1, 0.15) is 55.7 Å². The molecule has 1 aromatic rings. The average Bonchev–Trinajstić information content (AvgIpc) is 2.28. The predicted octanol–water partition coefficient (Wildman–Crippen LogP) is 3.58. The van der Waals surface area contributed by atoms with Crippen LogP contribution in [0, 0.1) is 6.92 Å². The van der Waals surface area contributed by atoms with E-state index in [0.717, 1.165) is 18.7 Å². The molecule has 0 radical (unpaired) electrons. The van der Waals surface area contributed by atoms with Crippen molar-refractivity contribution in [2.45, 2.75) is 46.0 Å². The molecule has 2 N–H and O–H groups in total. The molecule has 0 aliphatic heterocycles. The third-order valence-electron chi connectivity index (χ3n) is 3.37. The van der Waals surface area contributed by atoms with E-state index in [2.05, 4.69) is 39.8 Å². The summed E-state index contributed by atoms with van der Waals surface area (Å²) in [6.45, 7) is 9.53. The number of hydrogen-bond donors (Lipinski definition) is 1. The van der Waals surface area contributed by atoms with Gasteiger partial charge in [-0.1, -0.05) is 26.8 Å². The van der Waals surface area contributed by atoms with Crippen LogP contribution in [-0.4, -0.2) is 13.7 Å². The molecule has 0 fully saturated rings. The Kier molecular flexibility index (Phi) is 5.01. The number of benzene rings is 1. The van der Waals surface area contributed by atoms with E-state index in [1.54, 1.807) is 7.11 Å². The maximum atomic E-state index is 5.65. The molecule has 2 nitrogen and oxygen atoms in total. The van der Waals surface area contributed by atoms with Crippen LogP contribution in [0.4, 0.5) is 0 Å². The molecular formula is C15H25NO. The van der Waals surface area contributed by atoms with Crippen molar-refractivity contribution in [3.63, 3.8) is 0 Å². The predicted molar refractivity (Wildman–Crippen MR) is 73.9 cm³/mol. The van der Waals surface area contributed by atoms with Gasteiger partial charge in [-0.15, -0.1) is 0 Å². The normalized spacial score (nSPS) is 12.9. The highest BCUT2D eigenvalue weighted by Crippen LogP contribution is 2.33. The highest BCUT2D eigenvalue weighted by Gasteiger charge is 2.14. The zero-order valence-electron chi connectivity index (χ0n) is 11.7. The van der Waals surface area contributed by atoms with Crippen LogP contribution in [0.5, 0.6) is 5.75 Å². The molecule has 0 saturated carbocycles. The van der Waals surface area contributed by atoms with Crippen molar-refractivity contribution < 1.29 is 4.74 Å². The molecule has 0 aliphatic rings. The second kappa shape index (κ2) is 6.06. The monoisotopic (exact) mass is 235 g/mol. The lowest BCUT2D eigenvalue weighted by atomic mass is 9.89. The lowest BCUT2D eigenvalue weighted by molar-refractivity contribution is 0.406. The molecule has 0 aliphatic carbocycles. The first-order valence-electron chi connectivity index (χ1n) is 6.39. The van der Waals surface area contributed by atoms with E-state index in [1.165, 1.54) is 16.7 Å². The Morgan fingerprint density at radius 1 is 1.18 bits per heavy atom. The number of nitrogens with two attached hydrogens (primary N) is 1. The van der Waals surface area contributed by atoms with Gasteiger partial charge in [0.2, 0.25) is 0 Å². The molecule has 0 spiro atoms. The number of aryl methyl sites for hydroxylation is 1. The highest BCUT2D eigenvalue weighted by atomic mass is 16.5. The molecule has 17 heavy (non-hydrogen) atoms. The van der Waals surface area contributed by atoms with E-state index in [1.807, 2.05) is 0 Å². The number of methoxy groups -OCH3 is 1. The van der Waals surface area contributed by atoms with Gasteiger partial charge < -0.3 is 10.5 Å².